The van der Waals surface area contributed by atoms with E-state index in [0.29, 0.717) is 0 Å². The molecule has 0 unspecified atom stereocenters. The summed E-state index contributed by atoms with van der Waals surface area (Å²) in [5.74, 6) is 2.00. The molecule has 0 spiro atoms. The average Bonchev–Trinajstić information content (AvgIpc) is 1.00. The van der Waals surface area contributed by atoms with E-state index in [2.05, 4.69) is 0 Å². The van der Waals surface area contributed by atoms with Crippen LogP contribution in [0.25, 0.3) is 0 Å². The smallest absolute Gasteiger partial charge is 0.870 e. The Balaban J connectivity index is -0.00000000500. The molecule has 0 saturated carbocycles. The van der Waals surface area contributed by atoms with E-state index >= 15 is 0 Å². The van der Waals surface area contributed by atoms with Crippen molar-refractivity contribution in [3.8, 4) is 0 Å². The maximum Gasteiger partial charge on any atom is 1.00 e. The average molecular weight is 89.1 g/mol. The van der Waals surface area contributed by atoms with Crippen LogP contribution >= 0.6 is 0 Å². The molecule has 22 valence electrons. The van der Waals surface area contributed by atoms with Crippen molar-refractivity contribution in [2.45, 2.75) is 0 Å². The standard InChI is InChI=1S/K.H3NO.H2O/c;1-2;/h;1H3;1H2/q+1;;/p-1. The fraction of sp³-hybridized carbons (Fsp3) is 0. The molecule has 0 radical (unpaired) electrons. The van der Waals surface area contributed by atoms with E-state index in [4.69, 9.17) is 5.21 Å². The van der Waals surface area contributed by atoms with Gasteiger partial charge in [0.05, 0.1) is 0 Å². The summed E-state index contributed by atoms with van der Waals surface area (Å²) in [5, 5.41) is 8.00. The molecule has 0 saturated heterocycles. The van der Waals surface area contributed by atoms with E-state index < -0.39 is 0 Å². The molecule has 0 heterocycles. The molecule has 4 heteroatoms. The second-order valence-electron chi connectivity index (χ2n) is 0. The molecular formula is H4KNO2. The minimum Gasteiger partial charge on any atom is -0.870 e. The van der Waals surface area contributed by atoms with Gasteiger partial charge in [0.25, 0.3) is 0 Å². The third kappa shape index (κ3) is 9.68. The van der Waals surface area contributed by atoms with Gasteiger partial charge in [0, 0.05) is 0 Å². The minimum absolute atomic E-state index is 0. The Labute approximate surface area is 66.9 Å². The molecule has 0 rings (SSSR count). The quantitative estimate of drug-likeness (QED) is 0.240. The van der Waals surface area contributed by atoms with Crippen LogP contribution in [0.15, 0.2) is 0 Å². The van der Waals surface area contributed by atoms with Crippen LogP contribution in [0.5, 0.6) is 0 Å². The molecule has 0 amide bonds. The first-order valence-electron chi connectivity index (χ1n) is 0.289. The van der Waals surface area contributed by atoms with Gasteiger partial charge in [-0.3, -0.25) is 0 Å². The third-order valence-corrected chi connectivity index (χ3v) is 0. The van der Waals surface area contributed by atoms with Crippen LogP contribution in [0.2, 0.25) is 0 Å². The maximum atomic E-state index is 8.00. The van der Waals surface area contributed by atoms with Crippen LogP contribution in [0.3, 0.4) is 0 Å². The van der Waals surface area contributed by atoms with Gasteiger partial charge in [0.15, 0.2) is 0 Å². The number of quaternary nitrogens is 1. The summed E-state index contributed by atoms with van der Waals surface area (Å²) in [5.41, 5.74) is 0. The predicted molar refractivity (Wildman–Crippen MR) is 8.19 cm³/mol. The van der Waals surface area contributed by atoms with Crippen molar-refractivity contribution in [2.75, 3.05) is 0 Å². The summed E-state index contributed by atoms with van der Waals surface area (Å²) in [6.45, 7) is 0. The van der Waals surface area contributed by atoms with Gasteiger partial charge < -0.3 is 16.6 Å². The normalized spacial score (nSPS) is 1.50. The van der Waals surface area contributed by atoms with E-state index in [1.54, 1.807) is 0 Å². The van der Waals surface area contributed by atoms with Crippen LogP contribution in [0, 0.1) is 5.21 Å². The first-order chi connectivity index (χ1) is 1.00. The van der Waals surface area contributed by atoms with Gasteiger partial charge in [-0.25, -0.2) is 0 Å². The molecule has 0 aliphatic carbocycles. The van der Waals surface area contributed by atoms with Crippen molar-refractivity contribution >= 4 is 0 Å². The van der Waals surface area contributed by atoms with E-state index in [1.807, 2.05) is 5.90 Å². The van der Waals surface area contributed by atoms with E-state index in [1.165, 1.54) is 0 Å². The Morgan fingerprint density at radius 2 is 1.25 bits per heavy atom. The zero-order chi connectivity index (χ0) is 2.00. The van der Waals surface area contributed by atoms with Crippen LogP contribution in [-0.4, -0.2) is 5.48 Å². The Morgan fingerprint density at radius 1 is 1.25 bits per heavy atom. The van der Waals surface area contributed by atoms with Crippen molar-refractivity contribution in [3.63, 3.8) is 0 Å². The van der Waals surface area contributed by atoms with Crippen molar-refractivity contribution < 1.29 is 62.8 Å². The van der Waals surface area contributed by atoms with Gasteiger partial charge >= 0.3 is 51.4 Å². The van der Waals surface area contributed by atoms with Crippen molar-refractivity contribution in [2.24, 2.45) is 0 Å². The second-order valence-corrected chi connectivity index (χ2v) is 0. The van der Waals surface area contributed by atoms with Crippen LogP contribution in [-0.2, 0) is 0 Å². The number of hydrogen-bond acceptors (Lipinski definition) is 2. The molecular weight excluding hydrogens is 85.1 g/mol. The van der Waals surface area contributed by atoms with Gasteiger partial charge in [-0.1, -0.05) is 0 Å². The fourth-order valence-corrected chi connectivity index (χ4v) is 0. The summed E-state index contributed by atoms with van der Waals surface area (Å²) in [7, 11) is 0. The summed E-state index contributed by atoms with van der Waals surface area (Å²) >= 11 is 0. The zero-order valence-electron chi connectivity index (χ0n) is 2.56. The number of rotatable bonds is 0. The van der Waals surface area contributed by atoms with E-state index in [-0.39, 0.29) is 56.9 Å². The topological polar surface area (TPSA) is 80.7 Å². The SMILES string of the molecule is [K+].[NH3+][O-].[OH-]. The predicted octanol–water partition coefficient (Wildman–Crippen LogP) is -4.45. The zero-order valence-corrected chi connectivity index (χ0v) is 5.69. The van der Waals surface area contributed by atoms with Crippen molar-refractivity contribution in [3.05, 3.63) is 5.21 Å². The number of hydrogen-bond donors (Lipinski definition) is 1. The molecule has 4 N–H and O–H groups in total. The third-order valence-electron chi connectivity index (χ3n) is 0. The van der Waals surface area contributed by atoms with E-state index in [0.717, 1.165) is 0 Å². The van der Waals surface area contributed by atoms with Crippen LogP contribution in [0.4, 0.5) is 0 Å². The van der Waals surface area contributed by atoms with Crippen molar-refractivity contribution in [1.29, 1.82) is 0 Å². The van der Waals surface area contributed by atoms with Gasteiger partial charge in [-0.2, -0.15) is 0 Å². The Bertz CT molecular complexity index is 6.00. The first kappa shape index (κ1) is 17.8. The second kappa shape index (κ2) is 24.3. The van der Waals surface area contributed by atoms with Gasteiger partial charge in [0.2, 0.25) is 0 Å². The molecule has 0 atom stereocenters. The van der Waals surface area contributed by atoms with Gasteiger partial charge in [-0.15, -0.1) is 0 Å². The molecule has 0 aliphatic heterocycles. The molecule has 0 bridgehead atoms. The molecule has 4 heavy (non-hydrogen) atoms. The Kier molecular flexibility index (Phi) is 108. The largest absolute Gasteiger partial charge is 1.00 e. The summed E-state index contributed by atoms with van der Waals surface area (Å²) in [4.78, 5) is 0. The summed E-state index contributed by atoms with van der Waals surface area (Å²) in [6.07, 6.45) is 0. The molecule has 0 aromatic carbocycles. The molecule has 0 fully saturated rings. The first-order valence-corrected chi connectivity index (χ1v) is 0.289. The maximum absolute atomic E-state index is 8.00. The molecule has 0 aromatic heterocycles. The molecule has 3 nitrogen and oxygen atoms in total. The van der Waals surface area contributed by atoms with Gasteiger partial charge in [-0.05, 0) is 0 Å². The Morgan fingerprint density at radius 3 is 1.25 bits per heavy atom. The minimum atomic E-state index is 0. The molecule has 0 aromatic rings. The monoisotopic (exact) mass is 89.0 g/mol. The summed E-state index contributed by atoms with van der Waals surface area (Å²) in [6, 6.07) is 0. The summed E-state index contributed by atoms with van der Waals surface area (Å²) < 4.78 is 0. The van der Waals surface area contributed by atoms with E-state index in [9.17, 15) is 0 Å². The van der Waals surface area contributed by atoms with Crippen LogP contribution in [0.1, 0.15) is 0 Å². The van der Waals surface area contributed by atoms with Gasteiger partial charge in [0.1, 0.15) is 0 Å². The van der Waals surface area contributed by atoms with Crippen LogP contribution < -0.4 is 57.3 Å². The fourth-order valence-electron chi connectivity index (χ4n) is 0. The Hall–Kier alpha value is 1.52. The molecule has 0 aliphatic rings. The van der Waals surface area contributed by atoms with Crippen molar-refractivity contribution in [1.82, 2.24) is 0 Å².